The lowest BCUT2D eigenvalue weighted by atomic mass is 9.96. The number of benzene rings is 2. The average molecular weight is 673 g/mol. The van der Waals surface area contributed by atoms with Crippen molar-refractivity contribution in [3.8, 4) is 0 Å². The first-order chi connectivity index (χ1) is 20.2. The Kier molecular flexibility index (Phi) is 11.4. The molecule has 0 saturated carbocycles. The first kappa shape index (κ1) is 34.0. The van der Waals surface area contributed by atoms with Crippen molar-refractivity contribution in [2.45, 2.75) is 64.6 Å². The number of hydrogen-bond acceptors (Lipinski definition) is 5. The quantitative estimate of drug-likeness (QED) is 0.263. The number of nitrogens with zero attached hydrogens (tertiary/aromatic N) is 4. The highest BCUT2D eigenvalue weighted by molar-refractivity contribution is 6.42. The summed E-state index contributed by atoms with van der Waals surface area (Å²) in [4.78, 5) is 34.4. The molecule has 2 aromatic rings. The third-order valence-corrected chi connectivity index (χ3v) is 9.71. The molecule has 0 spiro atoms. The fraction of sp³-hybridized carbons (Fsp3) is 0.562. The summed E-state index contributed by atoms with van der Waals surface area (Å²) in [5.41, 5.74) is 1.02. The third kappa shape index (κ3) is 9.54. The molecule has 7 nitrogen and oxygen atoms in total. The van der Waals surface area contributed by atoms with Crippen LogP contribution in [0.5, 0.6) is 0 Å². The normalized spacial score (nSPS) is 16.6. The van der Waals surface area contributed by atoms with Gasteiger partial charge in [0.15, 0.2) is 0 Å². The van der Waals surface area contributed by atoms with Gasteiger partial charge in [-0.25, -0.2) is 0 Å². The molecule has 2 aromatic carbocycles. The molecule has 2 heterocycles. The van der Waals surface area contributed by atoms with E-state index in [1.54, 1.807) is 12.1 Å². The van der Waals surface area contributed by atoms with Crippen LogP contribution < -0.4 is 9.80 Å². The first-order valence-corrected chi connectivity index (χ1v) is 16.4. The number of halogens is 4. The minimum absolute atomic E-state index is 0.137. The number of piperazine rings is 2. The predicted octanol–water partition coefficient (Wildman–Crippen LogP) is 7.43. The van der Waals surface area contributed by atoms with Crippen molar-refractivity contribution in [2.24, 2.45) is 0 Å². The van der Waals surface area contributed by atoms with Crippen molar-refractivity contribution in [3.05, 3.63) is 56.5 Å². The molecule has 43 heavy (non-hydrogen) atoms. The Balaban J connectivity index is 1.17. The molecule has 0 unspecified atom stereocenters. The maximum Gasteiger partial charge on any atom is 0.222 e. The maximum absolute atomic E-state index is 13.0. The standard InChI is InChI=1S/C32H42Cl4N4O3/c1-31(2,11-9-29(41)39-17-13-37(14-18-39)23-5-7-25(33)27(35)21-23)43-32(3,4)12-10-30(42)40-19-15-38(16-20-40)24-6-8-26(34)28(36)22-24/h5-8,21-22H,9-20H2,1-4H3. The average Bonchev–Trinajstić information content (AvgIpc) is 2.97. The van der Waals surface area contributed by atoms with Crippen molar-refractivity contribution in [2.75, 3.05) is 62.2 Å². The van der Waals surface area contributed by atoms with Gasteiger partial charge in [-0.3, -0.25) is 9.59 Å². The summed E-state index contributed by atoms with van der Waals surface area (Å²) < 4.78 is 6.49. The van der Waals surface area contributed by atoms with Gasteiger partial charge in [0, 0.05) is 76.6 Å². The van der Waals surface area contributed by atoms with E-state index in [1.807, 2.05) is 61.8 Å². The smallest absolute Gasteiger partial charge is 0.222 e. The molecule has 0 N–H and O–H groups in total. The zero-order chi connectivity index (χ0) is 31.4. The molecule has 0 bridgehead atoms. The van der Waals surface area contributed by atoms with Gasteiger partial charge < -0.3 is 24.3 Å². The van der Waals surface area contributed by atoms with E-state index in [0.717, 1.165) is 37.6 Å². The van der Waals surface area contributed by atoms with Crippen LogP contribution in [0, 0.1) is 0 Å². The van der Waals surface area contributed by atoms with Crippen molar-refractivity contribution in [1.82, 2.24) is 9.80 Å². The lowest BCUT2D eigenvalue weighted by Gasteiger charge is -2.39. The van der Waals surface area contributed by atoms with E-state index in [0.29, 0.717) is 72.0 Å². The molecule has 4 rings (SSSR count). The molecular formula is C32H42Cl4N4O3. The highest BCUT2D eigenvalue weighted by Crippen LogP contribution is 2.31. The lowest BCUT2D eigenvalue weighted by molar-refractivity contribution is -0.147. The monoisotopic (exact) mass is 670 g/mol. The zero-order valence-corrected chi connectivity index (χ0v) is 28.5. The molecular weight excluding hydrogens is 630 g/mol. The van der Waals surface area contributed by atoms with Crippen molar-refractivity contribution in [1.29, 1.82) is 0 Å². The van der Waals surface area contributed by atoms with Gasteiger partial charge in [-0.2, -0.15) is 0 Å². The second-order valence-electron chi connectivity index (χ2n) is 12.6. The van der Waals surface area contributed by atoms with Crippen LogP contribution >= 0.6 is 46.4 Å². The highest BCUT2D eigenvalue weighted by atomic mass is 35.5. The maximum atomic E-state index is 13.0. The number of ether oxygens (including phenoxy) is 1. The molecule has 236 valence electrons. The van der Waals surface area contributed by atoms with E-state index in [1.165, 1.54) is 0 Å². The SMILES string of the molecule is CC(C)(CCC(=O)N1CCN(c2ccc(Cl)c(Cl)c2)CC1)OC(C)(C)CCC(=O)N1CCN(c2ccc(Cl)c(Cl)c2)CC1. The van der Waals surface area contributed by atoms with E-state index in [-0.39, 0.29) is 11.8 Å². The Bertz CT molecular complexity index is 1190. The summed E-state index contributed by atoms with van der Waals surface area (Å²) in [6.07, 6.45) is 2.04. The van der Waals surface area contributed by atoms with Gasteiger partial charge in [0.05, 0.1) is 31.3 Å². The molecule has 0 aromatic heterocycles. The van der Waals surface area contributed by atoms with Crippen molar-refractivity contribution in [3.63, 3.8) is 0 Å². The lowest BCUT2D eigenvalue weighted by Crippen LogP contribution is -2.49. The summed E-state index contributed by atoms with van der Waals surface area (Å²) in [6.45, 7) is 13.7. The summed E-state index contributed by atoms with van der Waals surface area (Å²) >= 11 is 24.5. The van der Waals surface area contributed by atoms with Crippen LogP contribution in [0.15, 0.2) is 36.4 Å². The van der Waals surface area contributed by atoms with E-state index >= 15 is 0 Å². The summed E-state index contributed by atoms with van der Waals surface area (Å²) in [7, 11) is 0. The molecule has 2 aliphatic rings. The van der Waals surface area contributed by atoms with E-state index in [2.05, 4.69) is 9.80 Å². The van der Waals surface area contributed by atoms with E-state index in [9.17, 15) is 9.59 Å². The Labute approximate surface area is 275 Å². The first-order valence-electron chi connectivity index (χ1n) is 14.9. The van der Waals surface area contributed by atoms with E-state index < -0.39 is 11.2 Å². The second kappa shape index (κ2) is 14.5. The van der Waals surface area contributed by atoms with Crippen molar-refractivity contribution < 1.29 is 14.3 Å². The van der Waals surface area contributed by atoms with Gasteiger partial charge in [0.2, 0.25) is 11.8 Å². The van der Waals surface area contributed by atoms with Gasteiger partial charge in [0.1, 0.15) is 0 Å². The van der Waals surface area contributed by atoms with Crippen molar-refractivity contribution >= 4 is 69.6 Å². The fourth-order valence-electron chi connectivity index (χ4n) is 5.77. The van der Waals surface area contributed by atoms with Gasteiger partial charge in [-0.05, 0) is 76.9 Å². The molecule has 0 atom stereocenters. The highest BCUT2D eigenvalue weighted by Gasteiger charge is 2.32. The topological polar surface area (TPSA) is 56.3 Å². The number of rotatable bonds is 10. The van der Waals surface area contributed by atoms with Gasteiger partial charge >= 0.3 is 0 Å². The Morgan fingerprint density at radius 2 is 0.953 bits per heavy atom. The van der Waals surface area contributed by atoms with Gasteiger partial charge in [0.25, 0.3) is 0 Å². The summed E-state index contributed by atoms with van der Waals surface area (Å²) in [5, 5.41) is 2.14. The largest absolute Gasteiger partial charge is 0.370 e. The van der Waals surface area contributed by atoms with Crippen LogP contribution in [0.4, 0.5) is 11.4 Å². The molecule has 2 aliphatic heterocycles. The Morgan fingerprint density at radius 3 is 1.28 bits per heavy atom. The Morgan fingerprint density at radius 1 is 0.605 bits per heavy atom. The molecule has 0 aliphatic carbocycles. The van der Waals surface area contributed by atoms with Crippen LogP contribution in [0.3, 0.4) is 0 Å². The molecule has 2 saturated heterocycles. The molecule has 2 amide bonds. The van der Waals surface area contributed by atoms with Gasteiger partial charge in [-0.15, -0.1) is 0 Å². The third-order valence-electron chi connectivity index (χ3n) is 8.24. The summed E-state index contributed by atoms with van der Waals surface area (Å²) in [5.74, 6) is 0.275. The zero-order valence-electron chi connectivity index (χ0n) is 25.5. The predicted molar refractivity (Wildman–Crippen MR) is 178 cm³/mol. The minimum atomic E-state index is -0.504. The molecule has 0 radical (unpaired) electrons. The number of carbonyl (C=O) groups excluding carboxylic acids is 2. The van der Waals surface area contributed by atoms with Crippen LogP contribution in [0.1, 0.15) is 53.4 Å². The minimum Gasteiger partial charge on any atom is -0.370 e. The number of anilines is 2. The summed E-state index contributed by atoms with van der Waals surface area (Å²) in [6, 6.07) is 11.3. The number of carbonyl (C=O) groups is 2. The van der Waals surface area contributed by atoms with Gasteiger partial charge in [-0.1, -0.05) is 46.4 Å². The van der Waals surface area contributed by atoms with Crippen LogP contribution in [-0.4, -0.2) is 85.2 Å². The van der Waals surface area contributed by atoms with Crippen LogP contribution in [0.25, 0.3) is 0 Å². The second-order valence-corrected chi connectivity index (χ2v) is 14.2. The Hall–Kier alpha value is -1.90. The van der Waals surface area contributed by atoms with Crippen LogP contribution in [0.2, 0.25) is 20.1 Å². The fourth-order valence-corrected chi connectivity index (χ4v) is 6.36. The van der Waals surface area contributed by atoms with Crippen LogP contribution in [-0.2, 0) is 14.3 Å². The number of amides is 2. The molecule has 2 fully saturated rings. The number of hydrogen-bond donors (Lipinski definition) is 0. The van der Waals surface area contributed by atoms with E-state index in [4.69, 9.17) is 51.1 Å². The molecule has 11 heteroatoms.